The fraction of sp³-hybridized carbons (Fsp3) is 0.0870. The highest BCUT2D eigenvalue weighted by atomic mass is 35.5. The van der Waals surface area contributed by atoms with E-state index in [1.165, 1.54) is 24.5 Å². The summed E-state index contributed by atoms with van der Waals surface area (Å²) in [7, 11) is 1.42. The fourth-order valence-corrected chi connectivity index (χ4v) is 4.21. The number of methoxy groups -OCH3 is 1. The number of aliphatic hydroxyl groups excluding tert-OH is 1. The number of benzene rings is 2. The molecule has 0 unspecified atom stereocenters. The smallest absolute Gasteiger partial charge is 0.260 e. The Kier molecular flexibility index (Phi) is 5.49. The molecule has 5 rings (SSSR count). The second kappa shape index (κ2) is 8.61. The second-order valence-corrected chi connectivity index (χ2v) is 8.45. The van der Waals surface area contributed by atoms with Gasteiger partial charge < -0.3 is 24.4 Å². The number of hydrogen-bond acceptors (Lipinski definition) is 8. The van der Waals surface area contributed by atoms with Crippen LogP contribution in [0.25, 0.3) is 22.5 Å². The van der Waals surface area contributed by atoms with Gasteiger partial charge in [0, 0.05) is 17.3 Å². The van der Waals surface area contributed by atoms with Gasteiger partial charge in [-0.05, 0) is 35.0 Å². The van der Waals surface area contributed by atoms with E-state index >= 15 is 0 Å². The molecule has 1 aliphatic rings. The summed E-state index contributed by atoms with van der Waals surface area (Å²) in [5.74, 6) is 0.0906. The van der Waals surface area contributed by atoms with Crippen molar-refractivity contribution in [3.05, 3.63) is 75.4 Å². The molecule has 8 nitrogen and oxygen atoms in total. The quantitative estimate of drug-likeness (QED) is 0.280. The topological polar surface area (TPSA) is 107 Å². The van der Waals surface area contributed by atoms with Crippen molar-refractivity contribution in [3.8, 4) is 22.8 Å². The molecule has 0 aliphatic carbocycles. The Morgan fingerprint density at radius 3 is 2.73 bits per heavy atom. The number of halogens is 1. The molecule has 2 N–H and O–H groups in total. The van der Waals surface area contributed by atoms with E-state index in [-0.39, 0.29) is 23.0 Å². The molecular weight excluding hydrogens is 466 g/mol. The number of thiazole rings is 1. The number of aliphatic hydroxyl groups is 1. The summed E-state index contributed by atoms with van der Waals surface area (Å²) >= 11 is 8.04. The SMILES string of the molecule is COc1cc(/C(O)=C2\C(=O)Nc3cc(Cl)c(-c4ccc(OCc5cncs5)cc4)cc32)on1. The van der Waals surface area contributed by atoms with Gasteiger partial charge in [0.2, 0.25) is 5.76 Å². The van der Waals surface area contributed by atoms with Crippen LogP contribution in [0, 0.1) is 0 Å². The lowest BCUT2D eigenvalue weighted by molar-refractivity contribution is -0.110. The first-order valence-electron chi connectivity index (χ1n) is 9.73. The first kappa shape index (κ1) is 21.0. The Morgan fingerprint density at radius 2 is 2.03 bits per heavy atom. The molecule has 2 aromatic heterocycles. The Labute approximate surface area is 197 Å². The number of fused-ring (bicyclic) bond motifs is 1. The minimum absolute atomic E-state index is 0.0174. The Balaban J connectivity index is 1.47. The molecule has 166 valence electrons. The third-order valence-electron chi connectivity index (χ3n) is 5.05. The van der Waals surface area contributed by atoms with Gasteiger partial charge in [-0.2, -0.15) is 0 Å². The monoisotopic (exact) mass is 481 g/mol. The van der Waals surface area contributed by atoms with E-state index in [4.69, 9.17) is 25.6 Å². The largest absolute Gasteiger partial charge is 0.504 e. The average Bonchev–Trinajstić information content (AvgIpc) is 3.57. The fourth-order valence-electron chi connectivity index (χ4n) is 3.44. The molecule has 0 saturated heterocycles. The van der Waals surface area contributed by atoms with Crippen molar-refractivity contribution in [1.29, 1.82) is 0 Å². The third kappa shape index (κ3) is 4.04. The highest BCUT2D eigenvalue weighted by Gasteiger charge is 2.31. The van der Waals surface area contributed by atoms with Gasteiger partial charge in [-0.15, -0.1) is 11.3 Å². The van der Waals surface area contributed by atoms with Crippen molar-refractivity contribution in [1.82, 2.24) is 10.1 Å². The molecule has 10 heteroatoms. The zero-order valence-corrected chi connectivity index (χ0v) is 18.7. The van der Waals surface area contributed by atoms with Crippen LogP contribution in [0.3, 0.4) is 0 Å². The lowest BCUT2D eigenvalue weighted by Crippen LogP contribution is -2.05. The maximum absolute atomic E-state index is 12.6. The standard InChI is InChI=1S/C23H16ClN3O5S/c1-30-20-8-19(32-27-20)22(28)21-16-6-15(17(24)7-18(16)26-23(21)29)12-2-4-13(5-3-12)31-10-14-9-25-11-33-14/h2-9,11,28H,10H2,1H3,(H,26,29)/b22-21+. The van der Waals surface area contributed by atoms with Crippen LogP contribution in [0.5, 0.6) is 11.6 Å². The molecular formula is C23H16ClN3O5S. The molecule has 1 aliphatic heterocycles. The number of anilines is 1. The summed E-state index contributed by atoms with van der Waals surface area (Å²) in [6.45, 7) is 0.442. The maximum Gasteiger partial charge on any atom is 0.260 e. The third-order valence-corrected chi connectivity index (χ3v) is 6.12. The van der Waals surface area contributed by atoms with Crippen molar-refractivity contribution in [3.63, 3.8) is 0 Å². The number of carbonyl (C=O) groups excluding carboxylic acids is 1. The lowest BCUT2D eigenvalue weighted by atomic mass is 9.98. The number of nitrogens with one attached hydrogen (secondary N) is 1. The predicted molar refractivity (Wildman–Crippen MR) is 124 cm³/mol. The predicted octanol–water partition coefficient (Wildman–Crippen LogP) is 5.42. The van der Waals surface area contributed by atoms with Crippen LogP contribution in [0.2, 0.25) is 5.02 Å². The molecule has 2 aromatic carbocycles. The number of ether oxygens (including phenoxy) is 2. The number of nitrogens with zero attached hydrogens (tertiary/aromatic N) is 2. The maximum atomic E-state index is 12.6. The van der Waals surface area contributed by atoms with Crippen LogP contribution >= 0.6 is 22.9 Å². The molecule has 33 heavy (non-hydrogen) atoms. The Bertz CT molecular complexity index is 1360. The molecule has 0 spiro atoms. The highest BCUT2D eigenvalue weighted by molar-refractivity contribution is 7.09. The summed E-state index contributed by atoms with van der Waals surface area (Å²) < 4.78 is 15.8. The summed E-state index contributed by atoms with van der Waals surface area (Å²) in [5, 5.41) is 17.6. The number of carbonyl (C=O) groups is 1. The van der Waals surface area contributed by atoms with Crippen LogP contribution in [0.15, 0.2) is 58.7 Å². The molecule has 0 radical (unpaired) electrons. The van der Waals surface area contributed by atoms with Gasteiger partial charge in [0.25, 0.3) is 11.8 Å². The summed E-state index contributed by atoms with van der Waals surface area (Å²) in [5.41, 5.74) is 4.33. The van der Waals surface area contributed by atoms with Crippen LogP contribution in [-0.2, 0) is 11.4 Å². The summed E-state index contributed by atoms with van der Waals surface area (Å²) in [6, 6.07) is 12.3. The first-order valence-corrected chi connectivity index (χ1v) is 11.0. The van der Waals surface area contributed by atoms with Crippen LogP contribution in [-0.4, -0.2) is 28.3 Å². The van der Waals surface area contributed by atoms with E-state index in [0.717, 1.165) is 10.4 Å². The highest BCUT2D eigenvalue weighted by Crippen LogP contribution is 2.42. The molecule has 0 bridgehead atoms. The number of hydrogen-bond donors (Lipinski definition) is 2. The van der Waals surface area contributed by atoms with Gasteiger partial charge in [0.1, 0.15) is 12.4 Å². The number of aromatic nitrogens is 2. The van der Waals surface area contributed by atoms with E-state index in [1.54, 1.807) is 23.8 Å². The first-order chi connectivity index (χ1) is 16.0. The van der Waals surface area contributed by atoms with Crippen molar-refractivity contribution in [2.45, 2.75) is 6.61 Å². The number of amides is 1. The van der Waals surface area contributed by atoms with E-state index in [2.05, 4.69) is 15.5 Å². The minimum atomic E-state index is -0.474. The van der Waals surface area contributed by atoms with E-state index in [1.807, 2.05) is 24.3 Å². The van der Waals surface area contributed by atoms with E-state index in [0.29, 0.717) is 34.2 Å². The van der Waals surface area contributed by atoms with Gasteiger partial charge in [-0.3, -0.25) is 9.78 Å². The van der Waals surface area contributed by atoms with E-state index < -0.39 is 5.91 Å². The Hall–Kier alpha value is -3.82. The van der Waals surface area contributed by atoms with Gasteiger partial charge >= 0.3 is 0 Å². The minimum Gasteiger partial charge on any atom is -0.504 e. The molecule has 4 aromatic rings. The van der Waals surface area contributed by atoms with Crippen molar-refractivity contribution in [2.24, 2.45) is 0 Å². The van der Waals surface area contributed by atoms with Crippen LogP contribution in [0.4, 0.5) is 5.69 Å². The Morgan fingerprint density at radius 1 is 1.21 bits per heavy atom. The van der Waals surface area contributed by atoms with E-state index in [9.17, 15) is 9.90 Å². The van der Waals surface area contributed by atoms with Crippen molar-refractivity contribution in [2.75, 3.05) is 12.4 Å². The molecule has 0 fully saturated rings. The lowest BCUT2D eigenvalue weighted by Gasteiger charge is -2.10. The van der Waals surface area contributed by atoms with Crippen molar-refractivity contribution < 1.29 is 23.9 Å². The van der Waals surface area contributed by atoms with Crippen LogP contribution < -0.4 is 14.8 Å². The average molecular weight is 482 g/mol. The zero-order valence-electron chi connectivity index (χ0n) is 17.2. The second-order valence-electron chi connectivity index (χ2n) is 7.07. The van der Waals surface area contributed by atoms with Crippen LogP contribution in [0.1, 0.15) is 16.2 Å². The van der Waals surface area contributed by atoms with Crippen molar-refractivity contribution >= 4 is 45.9 Å². The normalized spacial score (nSPS) is 14.1. The van der Waals surface area contributed by atoms with Gasteiger partial charge in [-0.25, -0.2) is 0 Å². The summed E-state index contributed by atoms with van der Waals surface area (Å²) in [6.07, 6.45) is 1.77. The molecule has 1 amide bonds. The molecule has 3 heterocycles. The summed E-state index contributed by atoms with van der Waals surface area (Å²) in [4.78, 5) is 17.7. The molecule has 0 saturated carbocycles. The van der Waals surface area contributed by atoms with Gasteiger partial charge in [-0.1, -0.05) is 23.7 Å². The molecule has 0 atom stereocenters. The zero-order chi connectivity index (χ0) is 22.9. The number of rotatable bonds is 6. The van der Waals surface area contributed by atoms with Gasteiger partial charge in [0.15, 0.2) is 5.76 Å². The van der Waals surface area contributed by atoms with Gasteiger partial charge in [0.05, 0.1) is 39.8 Å².